The maximum atomic E-state index is 13.0. The minimum Gasteiger partial charge on any atom is -0.497 e. The van der Waals surface area contributed by atoms with Crippen molar-refractivity contribution >= 4 is 35.0 Å². The summed E-state index contributed by atoms with van der Waals surface area (Å²) in [6.45, 7) is 4.20. The third kappa shape index (κ3) is 6.82. The fraction of sp³-hybridized carbons (Fsp3) is 0.364. The zero-order valence-electron chi connectivity index (χ0n) is 17.3. The number of amides is 2. The first-order valence-corrected chi connectivity index (χ1v) is 10.4. The van der Waals surface area contributed by atoms with Crippen LogP contribution < -0.4 is 14.8 Å². The Hall–Kier alpha value is -2.44. The average molecular weight is 453 g/mol. The number of carbonyl (C=O) groups is 2. The largest absolute Gasteiger partial charge is 0.497 e. The number of carbonyl (C=O) groups excluding carboxylic acids is 2. The van der Waals surface area contributed by atoms with Crippen molar-refractivity contribution < 1.29 is 19.1 Å². The van der Waals surface area contributed by atoms with Crippen molar-refractivity contribution in [1.82, 2.24) is 10.2 Å². The van der Waals surface area contributed by atoms with Gasteiger partial charge in [0.2, 0.25) is 5.91 Å². The monoisotopic (exact) mass is 452 g/mol. The third-order valence-electron chi connectivity index (χ3n) is 4.47. The molecule has 2 amide bonds. The molecule has 1 atom stereocenters. The number of benzene rings is 2. The Morgan fingerprint density at radius 2 is 1.83 bits per heavy atom. The van der Waals surface area contributed by atoms with Crippen LogP contribution in [0.3, 0.4) is 0 Å². The molecule has 0 aliphatic carbocycles. The minimum atomic E-state index is -0.671. The van der Waals surface area contributed by atoms with Crippen LogP contribution in [0.1, 0.15) is 25.8 Å². The molecule has 0 aliphatic rings. The Balaban J connectivity index is 2.15. The fourth-order valence-electron chi connectivity index (χ4n) is 2.72. The van der Waals surface area contributed by atoms with E-state index in [0.29, 0.717) is 28.1 Å². The van der Waals surface area contributed by atoms with Crippen molar-refractivity contribution in [3.8, 4) is 11.5 Å². The number of halogens is 2. The highest BCUT2D eigenvalue weighted by atomic mass is 35.5. The van der Waals surface area contributed by atoms with Gasteiger partial charge in [0.25, 0.3) is 5.91 Å². The van der Waals surface area contributed by atoms with Crippen molar-refractivity contribution in [3.05, 3.63) is 58.1 Å². The number of nitrogens with one attached hydrogen (secondary N) is 1. The summed E-state index contributed by atoms with van der Waals surface area (Å²) in [5.41, 5.74) is 0.865. The summed E-state index contributed by atoms with van der Waals surface area (Å²) in [7, 11) is 1.59. The molecule has 1 N–H and O–H groups in total. The van der Waals surface area contributed by atoms with Gasteiger partial charge in [0.05, 0.1) is 12.1 Å². The molecule has 0 saturated heterocycles. The third-order valence-corrected chi connectivity index (χ3v) is 5.00. The summed E-state index contributed by atoms with van der Waals surface area (Å²) in [6.07, 6.45) is 0.809. The highest BCUT2D eigenvalue weighted by Crippen LogP contribution is 2.27. The lowest BCUT2D eigenvalue weighted by atomic mass is 10.1. The number of hydrogen-bond acceptors (Lipinski definition) is 4. The normalized spacial score (nSPS) is 11.5. The zero-order chi connectivity index (χ0) is 22.1. The lowest BCUT2D eigenvalue weighted by Crippen LogP contribution is -2.49. The fourth-order valence-corrected chi connectivity index (χ4v) is 3.18. The van der Waals surface area contributed by atoms with Crippen LogP contribution in [0.25, 0.3) is 0 Å². The quantitative estimate of drug-likeness (QED) is 0.582. The molecule has 0 heterocycles. The Morgan fingerprint density at radius 3 is 2.43 bits per heavy atom. The Bertz CT molecular complexity index is 859. The van der Waals surface area contributed by atoms with Crippen molar-refractivity contribution in [2.24, 2.45) is 0 Å². The lowest BCUT2D eigenvalue weighted by Gasteiger charge is -2.28. The van der Waals surface area contributed by atoms with Crippen LogP contribution >= 0.6 is 23.2 Å². The maximum absolute atomic E-state index is 13.0. The standard InChI is InChI=1S/C22H26Cl2N2O4/c1-4-11-25-22(28)15(2)26(13-16-5-8-18(29-3)9-6-16)21(27)14-30-20-10-7-17(23)12-19(20)24/h5-10,12,15H,4,11,13-14H2,1-3H3,(H,25,28)/t15-/m1/s1. The van der Waals surface area contributed by atoms with Crippen molar-refractivity contribution in [1.29, 1.82) is 0 Å². The van der Waals surface area contributed by atoms with Crippen molar-refractivity contribution in [2.45, 2.75) is 32.9 Å². The van der Waals surface area contributed by atoms with E-state index in [1.54, 1.807) is 32.2 Å². The maximum Gasteiger partial charge on any atom is 0.261 e. The molecular formula is C22H26Cl2N2O4. The van der Waals surface area contributed by atoms with Gasteiger partial charge in [-0.2, -0.15) is 0 Å². The van der Waals surface area contributed by atoms with Crippen molar-refractivity contribution in [3.63, 3.8) is 0 Å². The van der Waals surface area contributed by atoms with E-state index < -0.39 is 6.04 Å². The number of ether oxygens (including phenoxy) is 2. The second-order valence-corrected chi connectivity index (χ2v) is 7.54. The molecule has 0 spiro atoms. The van der Waals surface area contributed by atoms with Crippen LogP contribution in [0.5, 0.6) is 11.5 Å². The van der Waals surface area contributed by atoms with Crippen LogP contribution in [-0.2, 0) is 16.1 Å². The van der Waals surface area contributed by atoms with Gasteiger partial charge in [-0.25, -0.2) is 0 Å². The second kappa shape index (κ2) is 11.7. The molecule has 0 aromatic heterocycles. The van der Waals surface area contributed by atoms with Crippen LogP contribution in [0.4, 0.5) is 0 Å². The van der Waals surface area contributed by atoms with Crippen LogP contribution in [0, 0.1) is 0 Å². The number of rotatable bonds is 10. The minimum absolute atomic E-state index is 0.219. The van der Waals surface area contributed by atoms with E-state index >= 15 is 0 Å². The van der Waals surface area contributed by atoms with Gasteiger partial charge in [-0.05, 0) is 49.2 Å². The van der Waals surface area contributed by atoms with Crippen LogP contribution in [0.2, 0.25) is 10.0 Å². The molecule has 0 unspecified atom stereocenters. The molecule has 0 bridgehead atoms. The molecule has 0 radical (unpaired) electrons. The summed E-state index contributed by atoms with van der Waals surface area (Å²) >= 11 is 12.0. The van der Waals surface area contributed by atoms with Gasteiger partial charge in [-0.1, -0.05) is 42.3 Å². The summed E-state index contributed by atoms with van der Waals surface area (Å²) in [4.78, 5) is 27.0. The second-order valence-electron chi connectivity index (χ2n) is 6.70. The zero-order valence-corrected chi connectivity index (χ0v) is 18.8. The van der Waals surface area contributed by atoms with Crippen LogP contribution in [0.15, 0.2) is 42.5 Å². The van der Waals surface area contributed by atoms with E-state index in [9.17, 15) is 9.59 Å². The average Bonchev–Trinajstić information content (AvgIpc) is 2.74. The Kier molecular flexibility index (Phi) is 9.27. The van der Waals surface area contributed by atoms with Gasteiger partial charge < -0.3 is 19.7 Å². The predicted molar refractivity (Wildman–Crippen MR) is 118 cm³/mol. The molecule has 162 valence electrons. The first-order valence-electron chi connectivity index (χ1n) is 9.63. The van der Waals surface area contributed by atoms with Gasteiger partial charge in [0.15, 0.2) is 6.61 Å². The molecule has 0 fully saturated rings. The molecule has 8 heteroatoms. The summed E-state index contributed by atoms with van der Waals surface area (Å²) in [6, 6.07) is 11.4. The van der Waals surface area contributed by atoms with E-state index in [1.165, 1.54) is 4.90 Å². The Labute approximate surface area is 187 Å². The summed E-state index contributed by atoms with van der Waals surface area (Å²) in [5.74, 6) is 0.507. The molecule has 30 heavy (non-hydrogen) atoms. The summed E-state index contributed by atoms with van der Waals surface area (Å²) in [5, 5.41) is 3.62. The van der Waals surface area contributed by atoms with E-state index in [4.69, 9.17) is 32.7 Å². The molecule has 2 aromatic carbocycles. The Morgan fingerprint density at radius 1 is 1.13 bits per heavy atom. The van der Waals surface area contributed by atoms with E-state index in [1.807, 2.05) is 31.2 Å². The molecule has 2 rings (SSSR count). The molecule has 0 aliphatic heterocycles. The highest BCUT2D eigenvalue weighted by molar-refractivity contribution is 6.35. The molecule has 6 nitrogen and oxygen atoms in total. The first kappa shape index (κ1) is 23.8. The molecular weight excluding hydrogens is 427 g/mol. The van der Waals surface area contributed by atoms with Crippen LogP contribution in [-0.4, -0.2) is 43.0 Å². The highest BCUT2D eigenvalue weighted by Gasteiger charge is 2.26. The van der Waals surface area contributed by atoms with Gasteiger partial charge in [0, 0.05) is 18.1 Å². The van der Waals surface area contributed by atoms with Gasteiger partial charge in [-0.15, -0.1) is 0 Å². The molecule has 2 aromatic rings. The van der Waals surface area contributed by atoms with E-state index in [0.717, 1.165) is 12.0 Å². The number of nitrogens with zero attached hydrogens (tertiary/aromatic N) is 1. The predicted octanol–water partition coefficient (Wildman–Crippen LogP) is 4.32. The van der Waals surface area contributed by atoms with Gasteiger partial charge >= 0.3 is 0 Å². The molecule has 0 saturated carbocycles. The SMILES string of the molecule is CCCNC(=O)[C@@H](C)N(Cc1ccc(OC)cc1)C(=O)COc1ccc(Cl)cc1Cl. The van der Waals surface area contributed by atoms with Gasteiger partial charge in [0.1, 0.15) is 17.5 Å². The topological polar surface area (TPSA) is 67.9 Å². The number of methoxy groups -OCH3 is 1. The van der Waals surface area contributed by atoms with E-state index in [-0.39, 0.29) is 25.0 Å². The van der Waals surface area contributed by atoms with Crippen molar-refractivity contribution in [2.75, 3.05) is 20.3 Å². The first-order chi connectivity index (χ1) is 14.3. The van der Waals surface area contributed by atoms with E-state index in [2.05, 4.69) is 5.32 Å². The van der Waals surface area contributed by atoms with Gasteiger partial charge in [-0.3, -0.25) is 9.59 Å². The smallest absolute Gasteiger partial charge is 0.261 e. The lowest BCUT2D eigenvalue weighted by molar-refractivity contribution is -0.142. The number of hydrogen-bond donors (Lipinski definition) is 1. The summed E-state index contributed by atoms with van der Waals surface area (Å²) < 4.78 is 10.8.